The zero-order valence-electron chi connectivity index (χ0n) is 18.8. The van der Waals surface area contributed by atoms with Gasteiger partial charge in [0.05, 0.1) is 38.4 Å². The van der Waals surface area contributed by atoms with Crippen LogP contribution in [0.25, 0.3) is 0 Å². The lowest BCUT2D eigenvalue weighted by Gasteiger charge is -2.23. The molecule has 33 heavy (non-hydrogen) atoms. The third-order valence-electron chi connectivity index (χ3n) is 2.77. The van der Waals surface area contributed by atoms with Gasteiger partial charge in [0.2, 0.25) is 0 Å². The van der Waals surface area contributed by atoms with Crippen LogP contribution >= 0.6 is 0 Å². The molecule has 0 amide bonds. The lowest BCUT2D eigenvalue weighted by molar-refractivity contribution is -0.138. The second-order valence-electron chi connectivity index (χ2n) is 5.48. The van der Waals surface area contributed by atoms with Crippen LogP contribution in [0.4, 0.5) is 0 Å². The molecule has 0 fully saturated rings. The third kappa shape index (κ3) is 43.4. The smallest absolute Gasteiger partial charge is 0.330 e. The predicted molar refractivity (Wildman–Crippen MR) is 120 cm³/mol. The zero-order valence-corrected chi connectivity index (χ0v) is 18.8. The van der Waals surface area contributed by atoms with E-state index >= 15 is 0 Å². The third-order valence-corrected chi connectivity index (χ3v) is 2.77. The molecule has 0 saturated carbocycles. The number of carbonyl (C=O) groups excluding carboxylic acids is 1. The number of carboxylic acid groups (broad SMARTS) is 3. The summed E-state index contributed by atoms with van der Waals surface area (Å²) in [6.07, 6.45) is 5.65. The first-order valence-corrected chi connectivity index (χ1v) is 9.15. The minimum Gasteiger partial charge on any atom is -0.478 e. The Hall–Kier alpha value is -3.32. The molecule has 0 heterocycles. The van der Waals surface area contributed by atoms with Gasteiger partial charge >= 0.3 is 23.9 Å². The second kappa shape index (κ2) is 30.9. The van der Waals surface area contributed by atoms with Gasteiger partial charge in [-0.15, -0.1) is 0 Å². The Morgan fingerprint density at radius 2 is 0.970 bits per heavy atom. The minimum absolute atomic E-state index is 0.330. The van der Waals surface area contributed by atoms with E-state index in [1.165, 1.54) is 6.08 Å². The van der Waals surface area contributed by atoms with Gasteiger partial charge in [-0.3, -0.25) is 0 Å². The van der Waals surface area contributed by atoms with E-state index in [9.17, 15) is 19.2 Å². The molecule has 0 rings (SSSR count). The summed E-state index contributed by atoms with van der Waals surface area (Å²) in [6, 6.07) is 0. The first-order chi connectivity index (χ1) is 15.4. The monoisotopic (exact) mass is 480 g/mol. The number of carbonyl (C=O) groups is 4. The molecule has 7 N–H and O–H groups in total. The van der Waals surface area contributed by atoms with Gasteiger partial charge in [-0.05, 0) is 6.42 Å². The van der Waals surface area contributed by atoms with Crippen LogP contribution in [-0.4, -0.2) is 92.7 Å². The number of carboxylic acids is 3. The molecule has 12 nitrogen and oxygen atoms in total. The normalized spacial score (nSPS) is 8.52. The molecule has 0 aliphatic carbocycles. The Kier molecular flexibility index (Phi) is 37.5. The lowest BCUT2D eigenvalue weighted by Crippen LogP contribution is -2.37. The van der Waals surface area contributed by atoms with Gasteiger partial charge in [-0.1, -0.05) is 39.7 Å². The Labute approximate surface area is 193 Å². The number of hydrogen-bond donors (Lipinski definition) is 7. The van der Waals surface area contributed by atoms with Crippen LogP contribution in [0.2, 0.25) is 0 Å². The van der Waals surface area contributed by atoms with Crippen molar-refractivity contribution in [2.75, 3.05) is 33.0 Å². The van der Waals surface area contributed by atoms with E-state index in [4.69, 9.17) is 35.7 Å². The average Bonchev–Trinajstić information content (AvgIpc) is 2.82. The van der Waals surface area contributed by atoms with E-state index in [0.29, 0.717) is 6.61 Å². The molecule has 0 aromatic heterocycles. The van der Waals surface area contributed by atoms with Gasteiger partial charge in [-0.25, -0.2) is 19.2 Å². The Balaban J connectivity index is -0.000000102. The van der Waals surface area contributed by atoms with Gasteiger partial charge in [0.15, 0.2) is 0 Å². The summed E-state index contributed by atoms with van der Waals surface area (Å²) in [6.45, 7) is 13.1. The summed E-state index contributed by atoms with van der Waals surface area (Å²) < 4.78 is 4.67. The SMILES string of the molecule is C=CC(=O)O.C=CC(=O)O.C=CC(=O)O.C=CC(=O)OCCCC.OCC(CO)(CO)CO. The van der Waals surface area contributed by atoms with Crippen molar-refractivity contribution in [3.63, 3.8) is 0 Å². The number of aliphatic carboxylic acids is 3. The Morgan fingerprint density at radius 3 is 1.09 bits per heavy atom. The van der Waals surface area contributed by atoms with Gasteiger partial charge < -0.3 is 40.5 Å². The van der Waals surface area contributed by atoms with Crippen LogP contribution in [0.5, 0.6) is 0 Å². The minimum atomic E-state index is -1.11. The highest BCUT2D eigenvalue weighted by Gasteiger charge is 2.26. The van der Waals surface area contributed by atoms with Crippen LogP contribution in [-0.2, 0) is 23.9 Å². The maximum atomic E-state index is 10.3. The molecule has 0 spiro atoms. The van der Waals surface area contributed by atoms with E-state index in [1.807, 2.05) is 6.92 Å². The molecular weight excluding hydrogens is 444 g/mol. The number of aliphatic hydroxyl groups excluding tert-OH is 4. The molecule has 0 aromatic rings. The van der Waals surface area contributed by atoms with E-state index in [-0.39, 0.29) is 5.97 Å². The van der Waals surface area contributed by atoms with Crippen molar-refractivity contribution >= 4 is 23.9 Å². The highest BCUT2D eigenvalue weighted by Crippen LogP contribution is 2.11. The highest BCUT2D eigenvalue weighted by molar-refractivity contribution is 5.81. The van der Waals surface area contributed by atoms with Gasteiger partial charge in [0.1, 0.15) is 0 Å². The van der Waals surface area contributed by atoms with Gasteiger partial charge in [0.25, 0.3) is 0 Å². The molecule has 12 heteroatoms. The first kappa shape index (κ1) is 40.1. The zero-order chi connectivity index (χ0) is 27.3. The molecule has 0 aliphatic rings. The summed E-state index contributed by atoms with van der Waals surface area (Å²) in [5.74, 6) is -3.27. The van der Waals surface area contributed by atoms with Crippen molar-refractivity contribution in [2.24, 2.45) is 5.41 Å². The van der Waals surface area contributed by atoms with Crippen molar-refractivity contribution in [3.05, 3.63) is 50.6 Å². The molecule has 192 valence electrons. The van der Waals surface area contributed by atoms with Crippen molar-refractivity contribution in [1.82, 2.24) is 0 Å². The molecule has 0 atom stereocenters. The van der Waals surface area contributed by atoms with Crippen LogP contribution in [0.1, 0.15) is 19.8 Å². The molecule has 0 unspecified atom stereocenters. The Bertz CT molecular complexity index is 505. The highest BCUT2D eigenvalue weighted by atomic mass is 16.5. The molecule has 0 aliphatic heterocycles. The number of rotatable bonds is 11. The fourth-order valence-electron chi connectivity index (χ4n) is 0.676. The fourth-order valence-corrected chi connectivity index (χ4v) is 0.676. The second-order valence-corrected chi connectivity index (χ2v) is 5.48. The summed E-state index contributed by atoms with van der Waals surface area (Å²) in [4.78, 5) is 38.1. The average molecular weight is 481 g/mol. The molecular formula is C21H36O12. The van der Waals surface area contributed by atoms with E-state index in [0.717, 1.165) is 31.1 Å². The molecule has 0 bridgehead atoms. The van der Waals surface area contributed by atoms with E-state index in [2.05, 4.69) is 31.1 Å². The topological polar surface area (TPSA) is 219 Å². The molecule has 0 aromatic carbocycles. The summed E-state index contributed by atoms with van der Waals surface area (Å²) in [7, 11) is 0. The number of esters is 1. The largest absolute Gasteiger partial charge is 0.478 e. The van der Waals surface area contributed by atoms with Gasteiger partial charge in [0, 0.05) is 24.3 Å². The molecule has 0 saturated heterocycles. The maximum Gasteiger partial charge on any atom is 0.330 e. The van der Waals surface area contributed by atoms with Crippen LogP contribution in [0, 0.1) is 5.41 Å². The summed E-state index contributed by atoms with van der Waals surface area (Å²) >= 11 is 0. The van der Waals surface area contributed by atoms with Crippen LogP contribution < -0.4 is 0 Å². The quantitative estimate of drug-likeness (QED) is 0.120. The lowest BCUT2D eigenvalue weighted by atomic mass is 9.93. The number of hydrogen-bond acceptors (Lipinski definition) is 9. The summed E-state index contributed by atoms with van der Waals surface area (Å²) in [5, 5.41) is 56.8. The van der Waals surface area contributed by atoms with Gasteiger partial charge in [-0.2, -0.15) is 0 Å². The Morgan fingerprint density at radius 1 is 0.697 bits per heavy atom. The number of ether oxygens (including phenoxy) is 1. The fraction of sp³-hybridized carbons (Fsp3) is 0.429. The first-order valence-electron chi connectivity index (χ1n) is 9.15. The number of aliphatic hydroxyl groups is 4. The summed E-state index contributed by atoms with van der Waals surface area (Å²) in [5.41, 5.74) is -1.11. The maximum absolute atomic E-state index is 10.3. The van der Waals surface area contributed by atoms with E-state index in [1.54, 1.807) is 0 Å². The van der Waals surface area contributed by atoms with Crippen molar-refractivity contribution < 1.29 is 59.7 Å². The molecule has 0 radical (unpaired) electrons. The number of unbranched alkanes of at least 4 members (excludes halogenated alkanes) is 1. The van der Waals surface area contributed by atoms with Crippen LogP contribution in [0.3, 0.4) is 0 Å². The van der Waals surface area contributed by atoms with Crippen molar-refractivity contribution in [1.29, 1.82) is 0 Å². The standard InChI is InChI=1S/C7H12O2.C5H12O4.3C3H4O2/c1-3-5-6-9-7(8)4-2;6-1-5(2-7,3-8)4-9;3*1-2-3(4)5/h4H,2-3,5-6H2,1H3;6-9H,1-4H2;3*2H,1H2,(H,4,5). The van der Waals surface area contributed by atoms with Crippen molar-refractivity contribution in [2.45, 2.75) is 19.8 Å². The van der Waals surface area contributed by atoms with E-state index < -0.39 is 49.8 Å². The van der Waals surface area contributed by atoms with Crippen molar-refractivity contribution in [3.8, 4) is 0 Å². The predicted octanol–water partition coefficient (Wildman–Crippen LogP) is 0.229. The van der Waals surface area contributed by atoms with Crippen LogP contribution in [0.15, 0.2) is 50.6 Å².